The van der Waals surface area contributed by atoms with Crippen LogP contribution in [-0.4, -0.2) is 25.8 Å². The van der Waals surface area contributed by atoms with Gasteiger partial charge in [-0.1, -0.05) is 13.8 Å². The molecule has 0 bridgehead atoms. The van der Waals surface area contributed by atoms with Crippen molar-refractivity contribution in [3.05, 3.63) is 0 Å². The second-order valence-corrected chi connectivity index (χ2v) is 4.33. The molecule has 0 saturated heterocycles. The Morgan fingerprint density at radius 1 is 1.08 bits per heavy atom. The van der Waals surface area contributed by atoms with Gasteiger partial charge in [-0.25, -0.2) is 0 Å². The van der Waals surface area contributed by atoms with E-state index in [1.165, 1.54) is 12.8 Å². The first kappa shape index (κ1) is 12.9. The van der Waals surface area contributed by atoms with Crippen LogP contribution >= 0.6 is 0 Å². The summed E-state index contributed by atoms with van der Waals surface area (Å²) in [5.74, 6) is 0.809. The van der Waals surface area contributed by atoms with Crippen molar-refractivity contribution in [2.45, 2.75) is 52.7 Å². The van der Waals surface area contributed by atoms with E-state index < -0.39 is 0 Å². The monoisotopic (exact) mass is 187 g/mol. The molecule has 0 rings (SSSR count). The van der Waals surface area contributed by atoms with E-state index in [0.717, 1.165) is 12.5 Å². The SMILES string of the molecule is COC(C)CNC(C)CCC(C)C. The molecule has 2 heteroatoms. The molecule has 0 radical (unpaired) electrons. The molecule has 2 unspecified atom stereocenters. The van der Waals surface area contributed by atoms with Crippen molar-refractivity contribution in [1.29, 1.82) is 0 Å². The van der Waals surface area contributed by atoms with Crippen LogP contribution in [0.4, 0.5) is 0 Å². The minimum Gasteiger partial charge on any atom is -0.380 e. The first-order valence-corrected chi connectivity index (χ1v) is 5.32. The van der Waals surface area contributed by atoms with Crippen LogP contribution in [0.2, 0.25) is 0 Å². The summed E-state index contributed by atoms with van der Waals surface area (Å²) in [6.45, 7) is 9.82. The molecule has 2 nitrogen and oxygen atoms in total. The first-order valence-electron chi connectivity index (χ1n) is 5.32. The summed E-state index contributed by atoms with van der Waals surface area (Å²) < 4.78 is 5.16. The molecule has 80 valence electrons. The molecule has 0 spiro atoms. The van der Waals surface area contributed by atoms with Crippen LogP contribution in [0.25, 0.3) is 0 Å². The van der Waals surface area contributed by atoms with E-state index in [1.807, 2.05) is 0 Å². The molecular weight excluding hydrogens is 162 g/mol. The number of ether oxygens (including phenoxy) is 1. The fourth-order valence-electron chi connectivity index (χ4n) is 1.14. The topological polar surface area (TPSA) is 21.3 Å². The molecule has 0 aromatic heterocycles. The highest BCUT2D eigenvalue weighted by Crippen LogP contribution is 2.06. The molecule has 0 aliphatic rings. The van der Waals surface area contributed by atoms with Crippen LogP contribution in [0.15, 0.2) is 0 Å². The van der Waals surface area contributed by atoms with Crippen LogP contribution < -0.4 is 5.32 Å². The predicted octanol–water partition coefficient (Wildman–Crippen LogP) is 2.44. The van der Waals surface area contributed by atoms with E-state index in [0.29, 0.717) is 12.1 Å². The zero-order chi connectivity index (χ0) is 10.3. The number of methoxy groups -OCH3 is 1. The number of rotatable bonds is 7. The highest BCUT2D eigenvalue weighted by atomic mass is 16.5. The van der Waals surface area contributed by atoms with Crippen LogP contribution in [-0.2, 0) is 4.74 Å². The third kappa shape index (κ3) is 8.26. The Morgan fingerprint density at radius 3 is 2.15 bits per heavy atom. The Balaban J connectivity index is 3.34. The van der Waals surface area contributed by atoms with E-state index in [4.69, 9.17) is 4.74 Å². The highest BCUT2D eigenvalue weighted by molar-refractivity contribution is 4.64. The Morgan fingerprint density at radius 2 is 1.69 bits per heavy atom. The standard InChI is InChI=1S/C11H25NO/c1-9(2)6-7-10(3)12-8-11(4)13-5/h9-12H,6-8H2,1-5H3. The third-order valence-electron chi connectivity index (χ3n) is 2.33. The summed E-state index contributed by atoms with van der Waals surface area (Å²) in [6.07, 6.45) is 2.88. The molecule has 2 atom stereocenters. The predicted molar refractivity (Wildman–Crippen MR) is 58.0 cm³/mol. The summed E-state index contributed by atoms with van der Waals surface area (Å²) in [4.78, 5) is 0. The van der Waals surface area contributed by atoms with Gasteiger partial charge in [-0.2, -0.15) is 0 Å². The zero-order valence-corrected chi connectivity index (χ0v) is 9.76. The molecule has 0 amide bonds. The summed E-state index contributed by atoms with van der Waals surface area (Å²) in [7, 11) is 1.76. The number of hydrogen-bond donors (Lipinski definition) is 1. The summed E-state index contributed by atoms with van der Waals surface area (Å²) in [5.41, 5.74) is 0. The molecule has 13 heavy (non-hydrogen) atoms. The lowest BCUT2D eigenvalue weighted by molar-refractivity contribution is 0.114. The van der Waals surface area contributed by atoms with E-state index in [1.54, 1.807) is 7.11 Å². The van der Waals surface area contributed by atoms with E-state index in [2.05, 4.69) is 33.0 Å². The maximum Gasteiger partial charge on any atom is 0.0667 e. The van der Waals surface area contributed by atoms with E-state index in [9.17, 15) is 0 Å². The molecule has 0 heterocycles. The molecule has 0 aliphatic carbocycles. The maximum absolute atomic E-state index is 5.16. The van der Waals surface area contributed by atoms with Crippen LogP contribution in [0.1, 0.15) is 40.5 Å². The second kappa shape index (κ2) is 7.34. The minimum atomic E-state index is 0.321. The normalized spacial score (nSPS) is 16.2. The third-order valence-corrected chi connectivity index (χ3v) is 2.33. The van der Waals surface area contributed by atoms with Gasteiger partial charge >= 0.3 is 0 Å². The van der Waals surface area contributed by atoms with Gasteiger partial charge in [0.05, 0.1) is 6.10 Å². The van der Waals surface area contributed by atoms with Crippen molar-refractivity contribution < 1.29 is 4.74 Å². The number of nitrogens with one attached hydrogen (secondary N) is 1. The summed E-state index contributed by atoms with van der Waals surface area (Å²) in [5, 5.41) is 3.46. The minimum absolute atomic E-state index is 0.321. The van der Waals surface area contributed by atoms with Gasteiger partial charge in [0, 0.05) is 19.7 Å². The zero-order valence-electron chi connectivity index (χ0n) is 9.76. The molecule has 0 saturated carbocycles. The molecule has 0 fully saturated rings. The lowest BCUT2D eigenvalue weighted by Crippen LogP contribution is -2.33. The van der Waals surface area contributed by atoms with Crippen molar-refractivity contribution in [2.24, 2.45) is 5.92 Å². The van der Waals surface area contributed by atoms with Gasteiger partial charge in [-0.15, -0.1) is 0 Å². The Labute approximate surface area is 83.1 Å². The van der Waals surface area contributed by atoms with Gasteiger partial charge in [-0.05, 0) is 32.6 Å². The summed E-state index contributed by atoms with van der Waals surface area (Å²) in [6, 6.07) is 0.611. The van der Waals surface area contributed by atoms with Crippen molar-refractivity contribution in [3.8, 4) is 0 Å². The molecule has 0 aliphatic heterocycles. The van der Waals surface area contributed by atoms with Crippen molar-refractivity contribution in [3.63, 3.8) is 0 Å². The Kier molecular flexibility index (Phi) is 7.29. The largest absolute Gasteiger partial charge is 0.380 e. The van der Waals surface area contributed by atoms with Crippen LogP contribution in [0.3, 0.4) is 0 Å². The van der Waals surface area contributed by atoms with Gasteiger partial charge in [-0.3, -0.25) is 0 Å². The fraction of sp³-hybridized carbons (Fsp3) is 1.00. The smallest absolute Gasteiger partial charge is 0.0667 e. The van der Waals surface area contributed by atoms with Crippen LogP contribution in [0.5, 0.6) is 0 Å². The number of hydrogen-bond acceptors (Lipinski definition) is 2. The van der Waals surface area contributed by atoms with Crippen molar-refractivity contribution in [1.82, 2.24) is 5.32 Å². The molecule has 0 aromatic rings. The molecule has 0 aromatic carbocycles. The Bertz CT molecular complexity index is 115. The Hall–Kier alpha value is -0.0800. The van der Waals surface area contributed by atoms with Crippen molar-refractivity contribution in [2.75, 3.05) is 13.7 Å². The van der Waals surface area contributed by atoms with Gasteiger partial charge in [0.1, 0.15) is 0 Å². The average Bonchev–Trinajstić information content (AvgIpc) is 2.10. The fourth-order valence-corrected chi connectivity index (χ4v) is 1.14. The van der Waals surface area contributed by atoms with Gasteiger partial charge in [0.2, 0.25) is 0 Å². The summed E-state index contributed by atoms with van der Waals surface area (Å²) >= 11 is 0. The van der Waals surface area contributed by atoms with Crippen molar-refractivity contribution >= 4 is 0 Å². The van der Waals surface area contributed by atoms with Gasteiger partial charge in [0.15, 0.2) is 0 Å². The van der Waals surface area contributed by atoms with Crippen LogP contribution in [0, 0.1) is 5.92 Å². The lowest BCUT2D eigenvalue weighted by Gasteiger charge is -2.17. The highest BCUT2D eigenvalue weighted by Gasteiger charge is 2.05. The molecular formula is C11H25NO. The second-order valence-electron chi connectivity index (χ2n) is 4.33. The van der Waals surface area contributed by atoms with E-state index in [-0.39, 0.29) is 0 Å². The van der Waals surface area contributed by atoms with Gasteiger partial charge < -0.3 is 10.1 Å². The first-order chi connectivity index (χ1) is 6.06. The van der Waals surface area contributed by atoms with E-state index >= 15 is 0 Å². The van der Waals surface area contributed by atoms with Gasteiger partial charge in [0.25, 0.3) is 0 Å². The quantitative estimate of drug-likeness (QED) is 0.661. The average molecular weight is 187 g/mol. The molecule has 1 N–H and O–H groups in total. The maximum atomic E-state index is 5.16. The lowest BCUT2D eigenvalue weighted by atomic mass is 10.0.